The number of thiophene rings is 1. The van der Waals surface area contributed by atoms with Gasteiger partial charge in [0, 0.05) is 26.9 Å². The number of nitrogens with zero attached hydrogens (tertiary/aromatic N) is 1. The van der Waals surface area contributed by atoms with Crippen LogP contribution in [0.4, 0.5) is 0 Å². The standard InChI is InChI=1S/C26H14ClNO3S/c27-26-24(18-3-1-2-4-22(18)32-26)28-20-12-16(30)7-8-17(20)25-23(28)19-10-13-5-6-15(29)9-14(13)11-21(19)31-25/h1-12,29-30H. The molecule has 0 amide bonds. The zero-order valence-corrected chi connectivity index (χ0v) is 18.0. The van der Waals surface area contributed by atoms with E-state index in [0.717, 1.165) is 59.5 Å². The fourth-order valence-corrected chi connectivity index (χ4v) is 6.03. The van der Waals surface area contributed by atoms with Crippen LogP contribution in [0.25, 0.3) is 59.5 Å². The molecule has 4 nitrogen and oxygen atoms in total. The van der Waals surface area contributed by atoms with E-state index in [1.807, 2.05) is 30.3 Å². The summed E-state index contributed by atoms with van der Waals surface area (Å²) in [6.07, 6.45) is 0. The SMILES string of the molecule is Oc1ccc2cc3c(cc2c1)oc1c2ccc(O)cc2n(-c2c(Cl)sc4ccccc24)c31. The summed E-state index contributed by atoms with van der Waals surface area (Å²) in [5.74, 6) is 0.398. The highest BCUT2D eigenvalue weighted by atomic mass is 35.5. The van der Waals surface area contributed by atoms with Gasteiger partial charge in [0.1, 0.15) is 26.9 Å². The molecule has 6 heteroatoms. The molecular formula is C26H14ClNO3S. The van der Waals surface area contributed by atoms with Crippen molar-refractivity contribution >= 4 is 76.8 Å². The number of phenols is 2. The second-order valence-corrected chi connectivity index (χ2v) is 9.57. The van der Waals surface area contributed by atoms with Crippen molar-refractivity contribution in [3.8, 4) is 17.2 Å². The number of aromatic hydroxyl groups is 2. The molecule has 3 heterocycles. The van der Waals surface area contributed by atoms with E-state index in [9.17, 15) is 10.2 Å². The number of aromatic nitrogens is 1. The van der Waals surface area contributed by atoms with Gasteiger partial charge in [-0.25, -0.2) is 0 Å². The van der Waals surface area contributed by atoms with Crippen LogP contribution in [-0.2, 0) is 0 Å². The predicted molar refractivity (Wildman–Crippen MR) is 132 cm³/mol. The van der Waals surface area contributed by atoms with Gasteiger partial charge in [-0.3, -0.25) is 0 Å². The Morgan fingerprint density at radius 1 is 0.781 bits per heavy atom. The van der Waals surface area contributed by atoms with Gasteiger partial charge in [-0.05, 0) is 53.2 Å². The molecule has 2 N–H and O–H groups in total. The Hall–Kier alpha value is -3.67. The second-order valence-electron chi connectivity index (χ2n) is 7.92. The minimum Gasteiger partial charge on any atom is -0.508 e. The topological polar surface area (TPSA) is 58.5 Å². The lowest BCUT2D eigenvalue weighted by Gasteiger charge is -2.08. The second kappa shape index (κ2) is 6.19. The molecule has 7 rings (SSSR count). The van der Waals surface area contributed by atoms with Crippen LogP contribution in [0.2, 0.25) is 4.34 Å². The van der Waals surface area contributed by atoms with Crippen LogP contribution in [0.1, 0.15) is 0 Å². The van der Waals surface area contributed by atoms with Crippen molar-refractivity contribution in [2.75, 3.05) is 0 Å². The first-order valence-corrected chi connectivity index (χ1v) is 11.3. The quantitative estimate of drug-likeness (QED) is 0.264. The van der Waals surface area contributed by atoms with Gasteiger partial charge in [0.2, 0.25) is 0 Å². The zero-order valence-electron chi connectivity index (χ0n) is 16.5. The van der Waals surface area contributed by atoms with Gasteiger partial charge >= 0.3 is 0 Å². The highest BCUT2D eigenvalue weighted by Gasteiger charge is 2.23. The molecule has 154 valence electrons. The van der Waals surface area contributed by atoms with E-state index in [1.165, 1.54) is 11.3 Å². The summed E-state index contributed by atoms with van der Waals surface area (Å²) in [6, 6.07) is 22.8. The molecule has 3 aromatic heterocycles. The predicted octanol–water partition coefficient (Wildman–Crippen LogP) is 7.96. The summed E-state index contributed by atoms with van der Waals surface area (Å²) in [4.78, 5) is 0. The first-order chi connectivity index (χ1) is 15.6. The van der Waals surface area contributed by atoms with E-state index in [1.54, 1.807) is 24.3 Å². The minimum atomic E-state index is 0.180. The van der Waals surface area contributed by atoms with E-state index < -0.39 is 0 Å². The monoisotopic (exact) mass is 455 g/mol. The Labute approximate surface area is 190 Å². The lowest BCUT2D eigenvalue weighted by atomic mass is 10.1. The van der Waals surface area contributed by atoms with E-state index in [4.69, 9.17) is 16.0 Å². The van der Waals surface area contributed by atoms with Crippen molar-refractivity contribution in [2.24, 2.45) is 0 Å². The van der Waals surface area contributed by atoms with Crippen molar-refractivity contribution in [1.82, 2.24) is 4.57 Å². The van der Waals surface area contributed by atoms with E-state index in [0.29, 0.717) is 4.34 Å². The fourth-order valence-electron chi connectivity index (χ4n) is 4.68. The highest BCUT2D eigenvalue weighted by molar-refractivity contribution is 7.23. The lowest BCUT2D eigenvalue weighted by Crippen LogP contribution is -1.93. The van der Waals surface area contributed by atoms with Gasteiger partial charge in [0.05, 0.1) is 11.2 Å². The summed E-state index contributed by atoms with van der Waals surface area (Å²) in [5, 5.41) is 25.0. The maximum absolute atomic E-state index is 10.3. The molecule has 0 saturated carbocycles. The van der Waals surface area contributed by atoms with Gasteiger partial charge in [-0.15, -0.1) is 11.3 Å². The number of phenolic OH excluding ortho intramolecular Hbond substituents is 2. The van der Waals surface area contributed by atoms with Gasteiger partial charge in [0.15, 0.2) is 5.58 Å². The van der Waals surface area contributed by atoms with E-state index in [2.05, 4.69) is 22.8 Å². The number of hydrogen-bond acceptors (Lipinski definition) is 4. The van der Waals surface area contributed by atoms with Gasteiger partial charge in [-0.2, -0.15) is 0 Å². The molecule has 0 atom stereocenters. The van der Waals surface area contributed by atoms with Gasteiger partial charge in [-0.1, -0.05) is 35.9 Å². The molecule has 0 radical (unpaired) electrons. The van der Waals surface area contributed by atoms with Crippen molar-refractivity contribution < 1.29 is 14.6 Å². The molecule has 0 spiro atoms. The molecule has 0 saturated heterocycles. The van der Waals surface area contributed by atoms with Crippen LogP contribution >= 0.6 is 22.9 Å². The molecule has 7 aromatic rings. The Bertz CT molecular complexity index is 1880. The lowest BCUT2D eigenvalue weighted by molar-refractivity contribution is 0.475. The van der Waals surface area contributed by atoms with Crippen LogP contribution in [0.3, 0.4) is 0 Å². The first-order valence-electron chi connectivity index (χ1n) is 10.1. The van der Waals surface area contributed by atoms with Crippen LogP contribution in [-0.4, -0.2) is 14.8 Å². The summed E-state index contributed by atoms with van der Waals surface area (Å²) >= 11 is 8.34. The van der Waals surface area contributed by atoms with Gasteiger partial charge < -0.3 is 19.2 Å². The summed E-state index contributed by atoms with van der Waals surface area (Å²) in [6.45, 7) is 0. The van der Waals surface area contributed by atoms with Crippen molar-refractivity contribution in [1.29, 1.82) is 0 Å². The van der Waals surface area contributed by atoms with E-state index in [-0.39, 0.29) is 11.5 Å². The number of benzene rings is 4. The van der Waals surface area contributed by atoms with Crippen molar-refractivity contribution in [3.63, 3.8) is 0 Å². The zero-order chi connectivity index (χ0) is 21.6. The Balaban J connectivity index is 1.73. The van der Waals surface area contributed by atoms with Crippen LogP contribution < -0.4 is 0 Å². The maximum Gasteiger partial charge on any atom is 0.161 e. The minimum absolute atomic E-state index is 0.180. The molecule has 0 aliphatic rings. The van der Waals surface area contributed by atoms with Crippen LogP contribution in [0, 0.1) is 0 Å². The fraction of sp³-hybridized carbons (Fsp3) is 0. The first kappa shape index (κ1) is 18.0. The number of hydrogen-bond donors (Lipinski definition) is 2. The van der Waals surface area contributed by atoms with Crippen LogP contribution in [0.15, 0.2) is 77.2 Å². The van der Waals surface area contributed by atoms with E-state index >= 15 is 0 Å². The Morgan fingerprint density at radius 2 is 1.59 bits per heavy atom. The average Bonchev–Trinajstić information content (AvgIpc) is 3.39. The molecule has 0 bridgehead atoms. The average molecular weight is 456 g/mol. The number of rotatable bonds is 1. The molecule has 32 heavy (non-hydrogen) atoms. The van der Waals surface area contributed by atoms with Crippen molar-refractivity contribution in [2.45, 2.75) is 0 Å². The molecule has 0 aliphatic heterocycles. The molecule has 0 aliphatic carbocycles. The van der Waals surface area contributed by atoms with Crippen molar-refractivity contribution in [3.05, 3.63) is 77.1 Å². The Kier molecular flexibility index (Phi) is 3.47. The highest BCUT2D eigenvalue weighted by Crippen LogP contribution is 2.46. The summed E-state index contributed by atoms with van der Waals surface area (Å²) < 4.78 is 10.2. The molecular weight excluding hydrogens is 442 g/mol. The number of halogens is 1. The smallest absolute Gasteiger partial charge is 0.161 e. The van der Waals surface area contributed by atoms with Crippen LogP contribution in [0.5, 0.6) is 11.5 Å². The molecule has 4 aromatic carbocycles. The van der Waals surface area contributed by atoms with Gasteiger partial charge in [0.25, 0.3) is 0 Å². The third-order valence-electron chi connectivity index (χ3n) is 6.05. The normalized spacial score (nSPS) is 12.2. The third kappa shape index (κ3) is 2.32. The largest absolute Gasteiger partial charge is 0.508 e. The third-order valence-corrected chi connectivity index (χ3v) is 7.41. The summed E-state index contributed by atoms with van der Waals surface area (Å²) in [5.41, 5.74) is 4.08. The maximum atomic E-state index is 10.3. The Morgan fingerprint density at radius 3 is 2.50 bits per heavy atom. The number of furan rings is 1. The summed E-state index contributed by atoms with van der Waals surface area (Å²) in [7, 11) is 0. The number of fused-ring (bicyclic) bond motifs is 7. The molecule has 0 unspecified atom stereocenters. The molecule has 0 fully saturated rings.